The molecule has 2 fully saturated rings. The van der Waals surface area contributed by atoms with Crippen molar-refractivity contribution >= 4 is 23.5 Å². The number of fused-ring (bicyclic) bond motifs is 1. The molecule has 0 bridgehead atoms. The Kier molecular flexibility index (Phi) is 3.53. The quantitative estimate of drug-likeness (QED) is 0.836. The van der Waals surface area contributed by atoms with Gasteiger partial charge in [-0.05, 0) is 24.6 Å². The summed E-state index contributed by atoms with van der Waals surface area (Å²) in [5, 5.41) is 0.685. The minimum Gasteiger partial charge on any atom is -0.342 e. The molecule has 0 radical (unpaired) electrons. The molecule has 1 aromatic carbocycles. The number of urea groups is 1. The summed E-state index contributed by atoms with van der Waals surface area (Å²) in [6.45, 7) is 3.61. The topological polar surface area (TPSA) is 43.9 Å². The molecule has 0 aliphatic carbocycles. The Morgan fingerprint density at radius 2 is 1.86 bits per heavy atom. The van der Waals surface area contributed by atoms with Gasteiger partial charge < -0.3 is 14.7 Å². The molecule has 2 heterocycles. The zero-order valence-corrected chi connectivity index (χ0v) is 12.9. The first-order chi connectivity index (χ1) is 9.97. The van der Waals surface area contributed by atoms with Crippen molar-refractivity contribution in [3.8, 4) is 0 Å². The molecule has 112 valence electrons. The summed E-state index contributed by atoms with van der Waals surface area (Å²) in [5.74, 6) is 0.00735. The number of amides is 3. The largest absolute Gasteiger partial charge is 0.342 e. The first-order valence-electron chi connectivity index (χ1n) is 7.04. The average molecular weight is 308 g/mol. The standard InChI is InChI=1S/C15H18ClN3O2/c1-10-14(20)17(2)8-13-9-18(15(21)19(10)13)7-11-3-5-12(16)6-4-11/h3-6,10,13H,7-9H2,1-2H3/t10-,13-/m0/s1. The Balaban J connectivity index is 1.76. The monoisotopic (exact) mass is 307 g/mol. The Labute approximate surface area is 129 Å². The van der Waals surface area contributed by atoms with Gasteiger partial charge in [-0.25, -0.2) is 4.79 Å². The van der Waals surface area contributed by atoms with Crippen LogP contribution in [0, 0.1) is 0 Å². The van der Waals surface area contributed by atoms with E-state index in [0.717, 1.165) is 5.56 Å². The second-order valence-corrected chi connectivity index (χ2v) is 6.18. The van der Waals surface area contributed by atoms with Crippen LogP contribution >= 0.6 is 11.6 Å². The number of carbonyl (C=O) groups is 2. The maximum atomic E-state index is 12.5. The van der Waals surface area contributed by atoms with Crippen LogP contribution in [0.4, 0.5) is 4.79 Å². The Morgan fingerprint density at radius 1 is 1.19 bits per heavy atom. The van der Waals surface area contributed by atoms with Gasteiger partial charge in [0.2, 0.25) is 5.91 Å². The van der Waals surface area contributed by atoms with E-state index in [1.54, 1.807) is 28.7 Å². The van der Waals surface area contributed by atoms with Crippen molar-refractivity contribution in [3.05, 3.63) is 34.9 Å². The van der Waals surface area contributed by atoms with Gasteiger partial charge >= 0.3 is 6.03 Å². The van der Waals surface area contributed by atoms with Gasteiger partial charge in [-0.15, -0.1) is 0 Å². The van der Waals surface area contributed by atoms with E-state index in [0.29, 0.717) is 24.7 Å². The number of nitrogens with zero attached hydrogens (tertiary/aromatic N) is 3. The molecule has 2 atom stereocenters. The second-order valence-electron chi connectivity index (χ2n) is 5.75. The Hall–Kier alpha value is -1.75. The first kappa shape index (κ1) is 14.2. The van der Waals surface area contributed by atoms with Crippen molar-refractivity contribution < 1.29 is 9.59 Å². The number of hydrogen-bond acceptors (Lipinski definition) is 2. The lowest BCUT2D eigenvalue weighted by Gasteiger charge is -2.38. The summed E-state index contributed by atoms with van der Waals surface area (Å²) in [7, 11) is 1.79. The van der Waals surface area contributed by atoms with E-state index in [2.05, 4.69) is 0 Å². The summed E-state index contributed by atoms with van der Waals surface area (Å²) in [6, 6.07) is 7.15. The predicted molar refractivity (Wildman–Crippen MR) is 80.0 cm³/mol. The van der Waals surface area contributed by atoms with Crippen molar-refractivity contribution in [1.82, 2.24) is 14.7 Å². The molecule has 0 saturated carbocycles. The minimum absolute atomic E-state index is 0.00735. The zero-order valence-electron chi connectivity index (χ0n) is 12.1. The van der Waals surface area contributed by atoms with E-state index in [1.165, 1.54) is 0 Å². The molecule has 2 aliphatic rings. The fourth-order valence-corrected chi connectivity index (χ4v) is 3.28. The van der Waals surface area contributed by atoms with Gasteiger partial charge in [0.05, 0.1) is 6.04 Å². The fraction of sp³-hybridized carbons (Fsp3) is 0.467. The van der Waals surface area contributed by atoms with Crippen LogP contribution in [0.3, 0.4) is 0 Å². The molecule has 0 unspecified atom stereocenters. The van der Waals surface area contributed by atoms with Crippen LogP contribution in [0.2, 0.25) is 5.02 Å². The molecule has 0 N–H and O–H groups in total. The van der Waals surface area contributed by atoms with E-state index in [4.69, 9.17) is 11.6 Å². The van der Waals surface area contributed by atoms with E-state index in [-0.39, 0.29) is 24.0 Å². The first-order valence-corrected chi connectivity index (χ1v) is 7.42. The highest BCUT2D eigenvalue weighted by atomic mass is 35.5. The normalized spacial score (nSPS) is 25.6. The van der Waals surface area contributed by atoms with E-state index in [9.17, 15) is 9.59 Å². The summed E-state index contributed by atoms with van der Waals surface area (Å²) in [4.78, 5) is 29.8. The SMILES string of the molecule is C[C@H]1C(=O)N(C)C[C@H]2CN(Cc3ccc(Cl)cc3)C(=O)N21. The van der Waals surface area contributed by atoms with Crippen LogP contribution in [-0.2, 0) is 11.3 Å². The van der Waals surface area contributed by atoms with Crippen LogP contribution in [0.1, 0.15) is 12.5 Å². The molecule has 21 heavy (non-hydrogen) atoms. The molecule has 2 saturated heterocycles. The molecular weight excluding hydrogens is 290 g/mol. The van der Waals surface area contributed by atoms with Crippen molar-refractivity contribution in [3.63, 3.8) is 0 Å². The van der Waals surface area contributed by atoms with E-state index < -0.39 is 0 Å². The van der Waals surface area contributed by atoms with Crippen molar-refractivity contribution in [2.45, 2.75) is 25.6 Å². The number of benzene rings is 1. The molecule has 6 heteroatoms. The molecule has 3 amide bonds. The van der Waals surface area contributed by atoms with Crippen LogP contribution in [0.5, 0.6) is 0 Å². The molecule has 0 aromatic heterocycles. The van der Waals surface area contributed by atoms with Gasteiger partial charge in [0.1, 0.15) is 6.04 Å². The highest BCUT2D eigenvalue weighted by Gasteiger charge is 2.46. The lowest BCUT2D eigenvalue weighted by molar-refractivity contribution is -0.139. The number of likely N-dealkylation sites (N-methyl/N-ethyl adjacent to an activating group) is 1. The molecule has 5 nitrogen and oxygen atoms in total. The summed E-state index contributed by atoms with van der Waals surface area (Å²) >= 11 is 5.88. The lowest BCUT2D eigenvalue weighted by atomic mass is 10.1. The summed E-state index contributed by atoms with van der Waals surface area (Å²) in [5.41, 5.74) is 1.04. The lowest BCUT2D eigenvalue weighted by Crippen LogP contribution is -2.58. The third-order valence-corrected chi connectivity index (χ3v) is 4.49. The fourth-order valence-electron chi connectivity index (χ4n) is 3.15. The van der Waals surface area contributed by atoms with Crippen LogP contribution in [0.15, 0.2) is 24.3 Å². The van der Waals surface area contributed by atoms with Crippen LogP contribution in [0.25, 0.3) is 0 Å². The van der Waals surface area contributed by atoms with Gasteiger partial charge in [0, 0.05) is 31.7 Å². The number of rotatable bonds is 2. The maximum Gasteiger partial charge on any atom is 0.321 e. The number of carbonyl (C=O) groups excluding carboxylic acids is 2. The molecular formula is C15H18ClN3O2. The van der Waals surface area contributed by atoms with E-state index >= 15 is 0 Å². The highest BCUT2D eigenvalue weighted by Crippen LogP contribution is 2.26. The smallest absolute Gasteiger partial charge is 0.321 e. The third-order valence-electron chi connectivity index (χ3n) is 4.24. The Morgan fingerprint density at radius 3 is 2.52 bits per heavy atom. The van der Waals surface area contributed by atoms with Gasteiger partial charge in [-0.1, -0.05) is 23.7 Å². The predicted octanol–water partition coefficient (Wildman–Crippen LogP) is 1.81. The van der Waals surface area contributed by atoms with E-state index in [1.807, 2.05) is 24.3 Å². The molecule has 3 rings (SSSR count). The maximum absolute atomic E-state index is 12.5. The highest BCUT2D eigenvalue weighted by molar-refractivity contribution is 6.30. The van der Waals surface area contributed by atoms with Crippen molar-refractivity contribution in [2.75, 3.05) is 20.1 Å². The molecule has 0 spiro atoms. The van der Waals surface area contributed by atoms with Crippen molar-refractivity contribution in [1.29, 1.82) is 0 Å². The number of piperazine rings is 1. The van der Waals surface area contributed by atoms with Gasteiger partial charge in [0.25, 0.3) is 0 Å². The van der Waals surface area contributed by atoms with Gasteiger partial charge in [-0.2, -0.15) is 0 Å². The minimum atomic E-state index is -0.378. The summed E-state index contributed by atoms with van der Waals surface area (Å²) < 4.78 is 0. The second kappa shape index (κ2) is 5.22. The van der Waals surface area contributed by atoms with Gasteiger partial charge in [0.15, 0.2) is 0 Å². The zero-order chi connectivity index (χ0) is 15.1. The van der Waals surface area contributed by atoms with Crippen LogP contribution in [-0.4, -0.2) is 58.9 Å². The molecule has 1 aromatic rings. The Bertz CT molecular complexity index is 575. The van der Waals surface area contributed by atoms with Gasteiger partial charge in [-0.3, -0.25) is 4.79 Å². The molecule has 2 aliphatic heterocycles. The third kappa shape index (κ3) is 2.46. The number of halogens is 1. The van der Waals surface area contributed by atoms with Crippen LogP contribution < -0.4 is 0 Å². The summed E-state index contributed by atoms with van der Waals surface area (Å²) in [6.07, 6.45) is 0. The average Bonchev–Trinajstić information content (AvgIpc) is 2.75. The van der Waals surface area contributed by atoms with Crippen molar-refractivity contribution in [2.24, 2.45) is 0 Å². The number of hydrogen-bond donors (Lipinski definition) is 0.